The maximum Gasteiger partial charge on any atom is 0.416 e. The fourth-order valence-electron chi connectivity index (χ4n) is 2.69. The lowest BCUT2D eigenvalue weighted by molar-refractivity contribution is -0.137. The van der Waals surface area contributed by atoms with Gasteiger partial charge in [-0.1, -0.05) is 11.6 Å². The first-order chi connectivity index (χ1) is 14.1. The van der Waals surface area contributed by atoms with Crippen molar-refractivity contribution in [1.82, 2.24) is 0 Å². The molecule has 168 valence electrons. The minimum atomic E-state index is -4.71. The van der Waals surface area contributed by atoms with Crippen molar-refractivity contribution in [2.75, 3.05) is 4.90 Å². The van der Waals surface area contributed by atoms with Crippen molar-refractivity contribution in [3.8, 4) is 11.5 Å². The van der Waals surface area contributed by atoms with Crippen molar-refractivity contribution in [2.45, 2.75) is 46.0 Å². The van der Waals surface area contributed by atoms with E-state index in [-0.39, 0.29) is 16.8 Å². The molecule has 0 fully saturated rings. The molecule has 0 saturated heterocycles. The monoisotopic (exact) mass is 459 g/mol. The molecule has 0 unspecified atom stereocenters. The number of phenols is 2. The number of anilines is 1. The number of halogens is 4. The van der Waals surface area contributed by atoms with E-state index < -0.39 is 52.3 Å². The predicted molar refractivity (Wildman–Crippen MR) is 108 cm³/mol. The van der Waals surface area contributed by atoms with E-state index in [0.717, 1.165) is 17.9 Å². The summed E-state index contributed by atoms with van der Waals surface area (Å²) in [6.45, 7) is 5.66. The fourth-order valence-corrected chi connectivity index (χ4v) is 2.93. The van der Waals surface area contributed by atoms with Gasteiger partial charge in [0, 0.05) is 24.2 Å². The molecule has 2 N–H and O–H groups in total. The lowest BCUT2D eigenvalue weighted by Gasteiger charge is -2.24. The zero-order valence-electron chi connectivity index (χ0n) is 17.2. The van der Waals surface area contributed by atoms with Crippen molar-refractivity contribution in [3.05, 3.63) is 52.0 Å². The topological polar surface area (TPSA) is 87.1 Å². The number of nitrogens with zero attached hydrogens (tertiary/aromatic N) is 1. The smallest absolute Gasteiger partial charge is 0.416 e. The Hall–Kier alpha value is -2.94. The van der Waals surface area contributed by atoms with Crippen LogP contribution in [0.5, 0.6) is 11.5 Å². The van der Waals surface area contributed by atoms with Crippen LogP contribution >= 0.6 is 11.6 Å². The molecular weight excluding hydrogens is 439 g/mol. The van der Waals surface area contributed by atoms with Gasteiger partial charge in [0.15, 0.2) is 0 Å². The number of benzene rings is 2. The molecule has 0 atom stereocenters. The molecule has 0 saturated carbocycles. The maximum absolute atomic E-state index is 13.1. The summed E-state index contributed by atoms with van der Waals surface area (Å²) in [6, 6.07) is 4.93. The molecule has 0 bridgehead atoms. The highest BCUT2D eigenvalue weighted by Gasteiger charge is 2.32. The number of aromatic hydroxyl groups is 2. The van der Waals surface area contributed by atoms with Gasteiger partial charge in [0.05, 0.1) is 17.1 Å². The van der Waals surface area contributed by atoms with E-state index in [2.05, 4.69) is 0 Å². The first-order valence-electron chi connectivity index (χ1n) is 9.03. The number of amides is 1. The molecule has 31 heavy (non-hydrogen) atoms. The summed E-state index contributed by atoms with van der Waals surface area (Å²) < 4.78 is 44.5. The summed E-state index contributed by atoms with van der Waals surface area (Å²) in [5.74, 6) is -2.45. The van der Waals surface area contributed by atoms with Gasteiger partial charge in [-0.3, -0.25) is 4.79 Å². The lowest BCUT2D eigenvalue weighted by atomic mass is 10.1. The van der Waals surface area contributed by atoms with Gasteiger partial charge in [0.25, 0.3) is 0 Å². The van der Waals surface area contributed by atoms with Gasteiger partial charge >= 0.3 is 12.1 Å². The number of carbonyl (C=O) groups is 2. The van der Waals surface area contributed by atoms with Crippen molar-refractivity contribution >= 4 is 29.2 Å². The van der Waals surface area contributed by atoms with Crippen molar-refractivity contribution in [2.24, 2.45) is 0 Å². The van der Waals surface area contributed by atoms with E-state index in [4.69, 9.17) is 16.3 Å². The van der Waals surface area contributed by atoms with E-state index in [9.17, 15) is 33.0 Å². The van der Waals surface area contributed by atoms with Crippen LogP contribution in [-0.4, -0.2) is 27.7 Å². The van der Waals surface area contributed by atoms with E-state index in [0.29, 0.717) is 12.1 Å². The Bertz CT molecular complexity index is 1020. The Morgan fingerprint density at radius 3 is 2.19 bits per heavy atom. The Kier molecular flexibility index (Phi) is 6.80. The summed E-state index contributed by atoms with van der Waals surface area (Å²) in [6.07, 6.45) is -4.71. The van der Waals surface area contributed by atoms with E-state index >= 15 is 0 Å². The van der Waals surface area contributed by atoms with Gasteiger partial charge < -0.3 is 19.8 Å². The van der Waals surface area contributed by atoms with Crippen LogP contribution in [0.25, 0.3) is 0 Å². The summed E-state index contributed by atoms with van der Waals surface area (Å²) in [5, 5.41) is 19.8. The molecule has 0 heterocycles. The van der Waals surface area contributed by atoms with Gasteiger partial charge in [-0.05, 0) is 45.0 Å². The second-order valence-electron chi connectivity index (χ2n) is 7.77. The Labute approximate surface area is 181 Å². The normalized spacial score (nSPS) is 11.9. The summed E-state index contributed by atoms with van der Waals surface area (Å²) >= 11 is 5.72. The molecule has 0 aliphatic rings. The Morgan fingerprint density at radius 2 is 1.71 bits per heavy atom. The quantitative estimate of drug-likeness (QED) is 0.607. The SMILES string of the molecule is CC(=O)N(Cc1cc(C(F)(F)F)cc(Cl)c1O)c1ccc(C(=O)OC(C)(C)C)c(O)c1. The molecule has 2 aromatic rings. The molecule has 2 aromatic carbocycles. The second-order valence-corrected chi connectivity index (χ2v) is 8.18. The first kappa shape index (κ1) is 24.3. The predicted octanol–water partition coefficient (Wildman–Crippen LogP) is 5.28. The first-order valence-corrected chi connectivity index (χ1v) is 9.41. The van der Waals surface area contributed by atoms with Crippen LogP contribution in [0.3, 0.4) is 0 Å². The number of hydrogen-bond donors (Lipinski definition) is 2. The third-order valence-corrected chi connectivity index (χ3v) is 4.38. The van der Waals surface area contributed by atoms with E-state index in [1.54, 1.807) is 20.8 Å². The molecule has 0 radical (unpaired) electrons. The van der Waals surface area contributed by atoms with Crippen molar-refractivity contribution < 1.29 is 37.7 Å². The largest absolute Gasteiger partial charge is 0.507 e. The lowest BCUT2D eigenvalue weighted by Crippen LogP contribution is -2.28. The van der Waals surface area contributed by atoms with E-state index in [1.807, 2.05) is 0 Å². The van der Waals surface area contributed by atoms with Crippen LogP contribution in [0.4, 0.5) is 18.9 Å². The molecule has 0 aliphatic heterocycles. The van der Waals surface area contributed by atoms with Crippen LogP contribution in [-0.2, 0) is 22.3 Å². The molecule has 6 nitrogen and oxygen atoms in total. The Balaban J connectivity index is 2.42. The van der Waals surface area contributed by atoms with E-state index in [1.165, 1.54) is 12.1 Å². The van der Waals surface area contributed by atoms with Crippen LogP contribution in [0, 0.1) is 0 Å². The van der Waals surface area contributed by atoms with Gasteiger partial charge in [-0.2, -0.15) is 13.2 Å². The minimum Gasteiger partial charge on any atom is -0.507 e. The van der Waals surface area contributed by atoms with Gasteiger partial charge in [0.2, 0.25) is 5.91 Å². The third kappa shape index (κ3) is 6.04. The molecule has 10 heteroatoms. The zero-order chi connectivity index (χ0) is 23.7. The number of carbonyl (C=O) groups excluding carboxylic acids is 2. The third-order valence-electron chi connectivity index (χ3n) is 4.09. The van der Waals surface area contributed by atoms with Gasteiger partial charge in [-0.15, -0.1) is 0 Å². The number of ether oxygens (including phenoxy) is 1. The maximum atomic E-state index is 13.1. The van der Waals surface area contributed by atoms with Gasteiger partial charge in [0.1, 0.15) is 22.7 Å². The zero-order valence-corrected chi connectivity index (χ0v) is 17.9. The van der Waals surface area contributed by atoms with Crippen LogP contribution in [0.15, 0.2) is 30.3 Å². The molecule has 0 aliphatic carbocycles. The van der Waals surface area contributed by atoms with Crippen LogP contribution in [0.2, 0.25) is 5.02 Å². The number of phenolic OH excluding ortho intramolecular Hbond substituents is 2. The highest BCUT2D eigenvalue weighted by molar-refractivity contribution is 6.32. The minimum absolute atomic E-state index is 0.0882. The molecule has 1 amide bonds. The second kappa shape index (κ2) is 8.66. The highest BCUT2D eigenvalue weighted by atomic mass is 35.5. The number of rotatable bonds is 4. The number of esters is 1. The summed E-state index contributed by atoms with van der Waals surface area (Å²) in [7, 11) is 0. The summed E-state index contributed by atoms with van der Waals surface area (Å²) in [5.41, 5.74) is -2.19. The van der Waals surface area contributed by atoms with Gasteiger partial charge in [-0.25, -0.2) is 4.79 Å². The molecular formula is C21H21ClF3NO5. The Morgan fingerprint density at radius 1 is 1.10 bits per heavy atom. The van der Waals surface area contributed by atoms with Crippen LogP contribution in [0.1, 0.15) is 49.2 Å². The van der Waals surface area contributed by atoms with Crippen molar-refractivity contribution in [1.29, 1.82) is 0 Å². The average molecular weight is 460 g/mol. The highest BCUT2D eigenvalue weighted by Crippen LogP contribution is 2.38. The standard InChI is InChI=1S/C21H21ClF3NO5/c1-11(27)26(10-12-7-13(21(23,24)25)8-16(22)18(12)29)14-5-6-15(17(28)9-14)19(30)31-20(2,3)4/h5-9,28-29H,10H2,1-4H3. The fraction of sp³-hybridized carbons (Fsp3) is 0.333. The molecule has 2 rings (SSSR count). The van der Waals surface area contributed by atoms with Crippen molar-refractivity contribution in [3.63, 3.8) is 0 Å². The van der Waals surface area contributed by atoms with Crippen LogP contribution < -0.4 is 4.90 Å². The average Bonchev–Trinajstić information content (AvgIpc) is 2.59. The summed E-state index contributed by atoms with van der Waals surface area (Å²) in [4.78, 5) is 25.4. The molecule has 0 spiro atoms. The molecule has 0 aromatic heterocycles. The number of alkyl halides is 3. The number of hydrogen-bond acceptors (Lipinski definition) is 5.